The molecule has 0 radical (unpaired) electrons. The summed E-state index contributed by atoms with van der Waals surface area (Å²) >= 11 is 6.11. The van der Waals surface area contributed by atoms with Gasteiger partial charge in [-0.3, -0.25) is 19.6 Å². The molecule has 0 spiro atoms. The van der Waals surface area contributed by atoms with Crippen LogP contribution in [-0.4, -0.2) is 33.9 Å². The molecule has 10 nitrogen and oxygen atoms in total. The maximum absolute atomic E-state index is 11.9. The summed E-state index contributed by atoms with van der Waals surface area (Å²) < 4.78 is 12.3. The van der Waals surface area contributed by atoms with Crippen molar-refractivity contribution in [2.75, 3.05) is 7.11 Å². The van der Waals surface area contributed by atoms with Crippen molar-refractivity contribution in [1.29, 1.82) is 0 Å². The molecule has 0 unspecified atom stereocenters. The fourth-order valence-corrected chi connectivity index (χ4v) is 2.79. The van der Waals surface area contributed by atoms with E-state index in [1.807, 2.05) is 18.2 Å². The van der Waals surface area contributed by atoms with E-state index in [9.17, 15) is 14.9 Å². The SMILES string of the molecule is COc1ccc(/C=N/NC(=O)Cn2cc([N+](=O)[O-])cn2)cc1COc1ccccc1Cl. The van der Waals surface area contributed by atoms with Crippen molar-refractivity contribution in [3.8, 4) is 11.5 Å². The van der Waals surface area contributed by atoms with Crippen LogP contribution < -0.4 is 14.9 Å². The van der Waals surface area contributed by atoms with Crippen molar-refractivity contribution in [2.24, 2.45) is 5.10 Å². The van der Waals surface area contributed by atoms with Crippen LogP contribution in [-0.2, 0) is 17.9 Å². The molecule has 2 aromatic carbocycles. The zero-order valence-electron chi connectivity index (χ0n) is 16.4. The Morgan fingerprint density at radius 1 is 1.32 bits per heavy atom. The van der Waals surface area contributed by atoms with Gasteiger partial charge >= 0.3 is 5.69 Å². The van der Waals surface area contributed by atoms with Crippen LogP contribution in [0.15, 0.2) is 60.0 Å². The van der Waals surface area contributed by atoms with Gasteiger partial charge in [0.15, 0.2) is 0 Å². The third kappa shape index (κ3) is 6.03. The van der Waals surface area contributed by atoms with Crippen LogP contribution in [0.3, 0.4) is 0 Å². The molecule has 0 bridgehead atoms. The first kappa shape index (κ1) is 21.8. The highest BCUT2D eigenvalue weighted by Crippen LogP contribution is 2.26. The van der Waals surface area contributed by atoms with Crippen LogP contribution in [0.2, 0.25) is 5.02 Å². The monoisotopic (exact) mass is 443 g/mol. The van der Waals surface area contributed by atoms with Gasteiger partial charge in [-0.1, -0.05) is 23.7 Å². The molecular formula is C20H18ClN5O5. The van der Waals surface area contributed by atoms with E-state index in [1.165, 1.54) is 6.21 Å². The van der Waals surface area contributed by atoms with Crippen LogP contribution in [0.4, 0.5) is 5.69 Å². The third-order valence-corrected chi connectivity index (χ3v) is 4.38. The van der Waals surface area contributed by atoms with Crippen LogP contribution in [0.1, 0.15) is 11.1 Å². The highest BCUT2D eigenvalue weighted by molar-refractivity contribution is 6.32. The van der Waals surface area contributed by atoms with Crippen molar-refractivity contribution in [3.05, 3.63) is 81.1 Å². The van der Waals surface area contributed by atoms with Gasteiger partial charge in [-0.05, 0) is 35.9 Å². The van der Waals surface area contributed by atoms with Crippen LogP contribution in [0.5, 0.6) is 11.5 Å². The van der Waals surface area contributed by atoms with Crippen LogP contribution in [0.25, 0.3) is 0 Å². The number of hydrogen-bond acceptors (Lipinski definition) is 7. The molecule has 160 valence electrons. The van der Waals surface area contributed by atoms with E-state index in [2.05, 4.69) is 15.6 Å². The van der Waals surface area contributed by atoms with E-state index >= 15 is 0 Å². The van der Waals surface area contributed by atoms with Gasteiger partial charge in [0.25, 0.3) is 5.91 Å². The molecule has 1 aromatic heterocycles. The number of hydrogen-bond donors (Lipinski definition) is 1. The van der Waals surface area contributed by atoms with Gasteiger partial charge in [0, 0.05) is 5.56 Å². The number of methoxy groups -OCH3 is 1. The lowest BCUT2D eigenvalue weighted by atomic mass is 10.1. The number of amides is 1. The number of nitrogens with zero attached hydrogens (tertiary/aromatic N) is 4. The van der Waals surface area contributed by atoms with E-state index in [0.29, 0.717) is 22.1 Å². The van der Waals surface area contributed by atoms with Crippen LogP contribution in [0, 0.1) is 10.1 Å². The van der Waals surface area contributed by atoms with Crippen molar-refractivity contribution in [1.82, 2.24) is 15.2 Å². The zero-order valence-corrected chi connectivity index (χ0v) is 17.2. The lowest BCUT2D eigenvalue weighted by Crippen LogP contribution is -2.23. The van der Waals surface area contributed by atoms with E-state index in [1.54, 1.807) is 31.4 Å². The van der Waals surface area contributed by atoms with Crippen molar-refractivity contribution in [3.63, 3.8) is 0 Å². The lowest BCUT2D eigenvalue weighted by Gasteiger charge is -2.12. The average Bonchev–Trinajstić information content (AvgIpc) is 3.22. The van der Waals surface area contributed by atoms with Gasteiger partial charge in [-0.15, -0.1) is 0 Å². The van der Waals surface area contributed by atoms with E-state index in [0.717, 1.165) is 22.6 Å². The Bertz CT molecular complexity index is 1110. The van der Waals surface area contributed by atoms with Gasteiger partial charge in [0.2, 0.25) is 0 Å². The number of carbonyl (C=O) groups excluding carboxylic acids is 1. The van der Waals surface area contributed by atoms with Gasteiger partial charge in [0.05, 0.1) is 23.3 Å². The molecule has 11 heteroatoms. The number of halogens is 1. The quantitative estimate of drug-likeness (QED) is 0.308. The Hall–Kier alpha value is -3.92. The smallest absolute Gasteiger partial charge is 0.307 e. The Morgan fingerprint density at radius 2 is 2.13 bits per heavy atom. The summed E-state index contributed by atoms with van der Waals surface area (Å²) in [5, 5.41) is 18.8. The van der Waals surface area contributed by atoms with Gasteiger partial charge in [0.1, 0.15) is 37.0 Å². The highest BCUT2D eigenvalue weighted by Gasteiger charge is 2.11. The second-order valence-electron chi connectivity index (χ2n) is 6.24. The number of benzene rings is 2. The Morgan fingerprint density at radius 3 is 2.84 bits per heavy atom. The summed E-state index contributed by atoms with van der Waals surface area (Å²) in [6, 6.07) is 12.5. The minimum Gasteiger partial charge on any atom is -0.496 e. The fraction of sp³-hybridized carbons (Fsp3) is 0.150. The van der Waals surface area contributed by atoms with E-state index in [-0.39, 0.29) is 18.8 Å². The van der Waals surface area contributed by atoms with Crippen molar-refractivity contribution >= 4 is 29.4 Å². The standard InChI is InChI=1S/C20H18ClN5O5/c1-30-18-7-6-14(8-15(18)13-31-19-5-3-2-4-17(19)21)9-22-24-20(27)12-25-11-16(10-23-25)26(28)29/h2-11H,12-13H2,1H3,(H,24,27)/b22-9+. The molecule has 1 heterocycles. The topological polar surface area (TPSA) is 121 Å². The molecule has 1 N–H and O–H groups in total. The third-order valence-electron chi connectivity index (χ3n) is 4.06. The molecule has 3 aromatic rings. The maximum Gasteiger partial charge on any atom is 0.307 e. The summed E-state index contributed by atoms with van der Waals surface area (Å²) in [5.41, 5.74) is 3.63. The Labute approximate surface area is 182 Å². The van der Waals surface area contributed by atoms with E-state index < -0.39 is 10.8 Å². The number of rotatable bonds is 9. The first-order valence-corrected chi connectivity index (χ1v) is 9.37. The number of nitro groups is 1. The van der Waals surface area contributed by atoms with Crippen LogP contribution >= 0.6 is 11.6 Å². The molecule has 0 aliphatic rings. The Balaban J connectivity index is 1.60. The molecule has 0 atom stereocenters. The molecule has 3 rings (SSSR count). The lowest BCUT2D eigenvalue weighted by molar-refractivity contribution is -0.385. The second kappa shape index (κ2) is 10.2. The van der Waals surface area contributed by atoms with E-state index in [4.69, 9.17) is 21.1 Å². The molecule has 31 heavy (non-hydrogen) atoms. The number of carbonyl (C=O) groups is 1. The predicted molar refractivity (Wildman–Crippen MR) is 113 cm³/mol. The van der Waals surface area contributed by atoms with Gasteiger partial charge in [-0.25, -0.2) is 5.43 Å². The summed E-state index contributed by atoms with van der Waals surface area (Å²) in [6.45, 7) is 0.0176. The first-order chi connectivity index (χ1) is 15.0. The zero-order chi connectivity index (χ0) is 22.2. The molecule has 0 saturated heterocycles. The van der Waals surface area contributed by atoms with Crippen molar-refractivity contribution in [2.45, 2.75) is 13.2 Å². The molecule has 0 fully saturated rings. The average molecular weight is 444 g/mol. The summed E-state index contributed by atoms with van der Waals surface area (Å²) in [4.78, 5) is 22.0. The number of para-hydroxylation sites is 1. The van der Waals surface area contributed by atoms with Gasteiger partial charge < -0.3 is 9.47 Å². The summed E-state index contributed by atoms with van der Waals surface area (Å²) in [7, 11) is 1.56. The summed E-state index contributed by atoms with van der Waals surface area (Å²) in [6.07, 6.45) is 3.69. The number of hydrazone groups is 1. The van der Waals surface area contributed by atoms with Crippen molar-refractivity contribution < 1.29 is 19.2 Å². The minimum atomic E-state index is -0.587. The van der Waals surface area contributed by atoms with Gasteiger partial charge in [-0.2, -0.15) is 10.2 Å². The minimum absolute atomic E-state index is 0.193. The fourth-order valence-electron chi connectivity index (χ4n) is 2.60. The normalized spacial score (nSPS) is 10.8. The maximum atomic E-state index is 11.9. The molecule has 0 aliphatic carbocycles. The number of nitrogens with one attached hydrogen (secondary N) is 1. The molecular weight excluding hydrogens is 426 g/mol. The number of aromatic nitrogens is 2. The largest absolute Gasteiger partial charge is 0.496 e. The molecule has 1 amide bonds. The Kier molecular flexibility index (Phi) is 7.17. The molecule has 0 aliphatic heterocycles. The molecule has 0 saturated carbocycles. The second-order valence-corrected chi connectivity index (χ2v) is 6.64. The first-order valence-electron chi connectivity index (χ1n) is 8.99. The predicted octanol–water partition coefficient (Wildman–Crippen LogP) is 3.18. The summed E-state index contributed by atoms with van der Waals surface area (Å²) in [5.74, 6) is 0.704. The highest BCUT2D eigenvalue weighted by atomic mass is 35.5. The number of ether oxygens (including phenoxy) is 2.